The Morgan fingerprint density at radius 1 is 1.03 bits per heavy atom. The van der Waals surface area contributed by atoms with E-state index >= 15 is 0 Å². The Morgan fingerprint density at radius 2 is 1.87 bits per heavy atom. The zero-order valence-electron chi connectivity index (χ0n) is 20.7. The summed E-state index contributed by atoms with van der Waals surface area (Å²) in [6.45, 7) is 0. The Morgan fingerprint density at radius 3 is 2.67 bits per heavy atom. The largest absolute Gasteiger partial charge is 0.755 e. The lowest BCUT2D eigenvalue weighted by Gasteiger charge is -2.17. The Hall–Kier alpha value is -3.22. The van der Waals surface area contributed by atoms with Crippen molar-refractivity contribution in [2.75, 3.05) is 10.0 Å². The van der Waals surface area contributed by atoms with Crippen LogP contribution < -0.4 is 20.5 Å². The quantitative estimate of drug-likeness (QED) is 0.218. The van der Waals surface area contributed by atoms with Crippen LogP contribution in [0.4, 0.5) is 10.8 Å². The summed E-state index contributed by atoms with van der Waals surface area (Å²) in [5.41, 5.74) is 2.52. The molecule has 0 saturated carbocycles. The topological polar surface area (TPSA) is 103 Å². The van der Waals surface area contributed by atoms with E-state index in [1.54, 1.807) is 46.1 Å². The van der Waals surface area contributed by atoms with Crippen molar-refractivity contribution in [3.05, 3.63) is 98.1 Å². The minimum absolute atomic E-state index is 0.121. The normalized spacial score (nSPS) is 16.0. The Kier molecular flexibility index (Phi) is 7.93. The summed E-state index contributed by atoms with van der Waals surface area (Å²) in [7, 11) is 0. The second-order valence-corrected chi connectivity index (χ2v) is 12.7. The Balaban J connectivity index is 1.20. The highest BCUT2D eigenvalue weighted by Gasteiger charge is 2.20. The lowest BCUT2D eigenvalue weighted by Crippen LogP contribution is -2.28. The monoisotopic (exact) mass is 590 g/mol. The molecule has 198 valence electrons. The third-order valence-corrected chi connectivity index (χ3v) is 9.64. The zero-order valence-corrected chi connectivity index (χ0v) is 23.9. The molecule has 7 nitrogen and oxygen atoms in total. The molecule has 0 saturated heterocycles. The van der Waals surface area contributed by atoms with Crippen molar-refractivity contribution in [2.45, 2.75) is 25.3 Å². The average Bonchev–Trinajstić information content (AvgIpc) is 3.71. The number of fused-ring (bicyclic) bond motifs is 1. The van der Waals surface area contributed by atoms with Crippen molar-refractivity contribution in [2.24, 2.45) is 5.92 Å². The molecule has 1 aliphatic carbocycles. The van der Waals surface area contributed by atoms with Gasteiger partial charge in [0.05, 0.1) is 16.6 Å². The van der Waals surface area contributed by atoms with Gasteiger partial charge in [0, 0.05) is 28.8 Å². The van der Waals surface area contributed by atoms with Crippen LogP contribution in [0.15, 0.2) is 71.4 Å². The minimum Gasteiger partial charge on any atom is -0.755 e. The number of nitrogens with one attached hydrogen (secondary N) is 2. The van der Waals surface area contributed by atoms with Crippen LogP contribution in [-0.4, -0.2) is 23.9 Å². The van der Waals surface area contributed by atoms with E-state index in [1.807, 2.05) is 18.2 Å². The number of aromatic nitrogens is 3. The van der Waals surface area contributed by atoms with Gasteiger partial charge in [0.1, 0.15) is 10.0 Å². The summed E-state index contributed by atoms with van der Waals surface area (Å²) in [5.74, 6) is 0.402. The second kappa shape index (κ2) is 11.9. The highest BCUT2D eigenvalue weighted by molar-refractivity contribution is 7.80. The standard InChI is InChI=1S/C28H25N5O2S4/c34-39(35)33-22-11-8-18(9-12-22)15-23(24-17-37-27(29-24)25-6-3-13-36-25)30-28-32-31-26(38-28)16-19-7-10-20-4-1-2-5-21(20)14-19/h1-6,8-14,17,19,23,33H,7,15-16H2,(H,30,32)(H,34,35)/p-1/t19?,23-/m0/s1. The van der Waals surface area contributed by atoms with Gasteiger partial charge in [0.15, 0.2) is 0 Å². The summed E-state index contributed by atoms with van der Waals surface area (Å²) < 4.78 is 24.3. The minimum atomic E-state index is -2.35. The van der Waals surface area contributed by atoms with Crippen molar-refractivity contribution in [1.82, 2.24) is 15.2 Å². The number of benzene rings is 2. The van der Waals surface area contributed by atoms with Crippen molar-refractivity contribution in [1.29, 1.82) is 0 Å². The van der Waals surface area contributed by atoms with Crippen LogP contribution in [0.2, 0.25) is 0 Å². The molecule has 5 aromatic rings. The van der Waals surface area contributed by atoms with Crippen molar-refractivity contribution >= 4 is 68.2 Å². The first-order valence-corrected chi connectivity index (χ1v) is 16.0. The lowest BCUT2D eigenvalue weighted by atomic mass is 9.95. The highest BCUT2D eigenvalue weighted by Crippen LogP contribution is 2.33. The molecule has 0 radical (unpaired) electrons. The van der Waals surface area contributed by atoms with Gasteiger partial charge in [-0.3, -0.25) is 4.21 Å². The molecule has 0 spiro atoms. The van der Waals surface area contributed by atoms with E-state index in [-0.39, 0.29) is 6.04 Å². The van der Waals surface area contributed by atoms with Crippen LogP contribution >= 0.6 is 34.0 Å². The molecular weight excluding hydrogens is 567 g/mol. The SMILES string of the molecule is O=S([O-])Nc1ccc(C[C@H](Nc2nnc(CC3C=c4ccccc4=CC3)s2)c2csc(-c3cccs3)n2)cc1. The fraction of sp³-hybridized carbons (Fsp3) is 0.179. The average molecular weight is 591 g/mol. The molecule has 0 amide bonds. The van der Waals surface area contributed by atoms with E-state index in [0.717, 1.165) is 44.1 Å². The van der Waals surface area contributed by atoms with E-state index in [0.29, 0.717) is 18.0 Å². The molecule has 3 heterocycles. The summed E-state index contributed by atoms with van der Waals surface area (Å²) in [4.78, 5) is 6.09. The third kappa shape index (κ3) is 6.51. The molecule has 11 heteroatoms. The predicted octanol–water partition coefficient (Wildman–Crippen LogP) is 5.15. The van der Waals surface area contributed by atoms with Gasteiger partial charge in [0.2, 0.25) is 5.13 Å². The fourth-order valence-corrected chi connectivity index (χ4v) is 7.49. The molecule has 3 atom stereocenters. The molecule has 39 heavy (non-hydrogen) atoms. The van der Waals surface area contributed by atoms with Gasteiger partial charge in [0.25, 0.3) is 0 Å². The van der Waals surface area contributed by atoms with Crippen LogP contribution in [0.5, 0.6) is 0 Å². The van der Waals surface area contributed by atoms with Crippen LogP contribution in [0.3, 0.4) is 0 Å². The maximum absolute atomic E-state index is 11.0. The summed E-state index contributed by atoms with van der Waals surface area (Å²) >= 11 is 2.54. The van der Waals surface area contributed by atoms with E-state index in [9.17, 15) is 8.76 Å². The molecule has 0 fully saturated rings. The molecule has 3 aromatic heterocycles. The molecule has 2 N–H and O–H groups in total. The number of thiophene rings is 1. The zero-order chi connectivity index (χ0) is 26.6. The van der Waals surface area contributed by atoms with E-state index in [2.05, 4.69) is 73.5 Å². The molecule has 6 rings (SSSR count). The maximum atomic E-state index is 11.0. The van der Waals surface area contributed by atoms with Crippen LogP contribution in [0.1, 0.15) is 28.7 Å². The summed E-state index contributed by atoms with van der Waals surface area (Å²) in [6, 6.07) is 19.8. The van der Waals surface area contributed by atoms with Gasteiger partial charge in [-0.2, -0.15) is 0 Å². The molecule has 0 aliphatic heterocycles. The molecule has 2 aromatic carbocycles. The van der Waals surface area contributed by atoms with Crippen molar-refractivity contribution in [3.8, 4) is 9.88 Å². The van der Waals surface area contributed by atoms with Gasteiger partial charge < -0.3 is 14.6 Å². The van der Waals surface area contributed by atoms with Gasteiger partial charge in [-0.05, 0) is 58.3 Å². The van der Waals surface area contributed by atoms with E-state index in [4.69, 9.17) is 4.98 Å². The van der Waals surface area contributed by atoms with Crippen molar-refractivity contribution < 1.29 is 8.76 Å². The first kappa shape index (κ1) is 26.0. The highest BCUT2D eigenvalue weighted by atomic mass is 32.2. The number of nitrogens with zero attached hydrogens (tertiary/aromatic N) is 3. The smallest absolute Gasteiger partial charge is 0.206 e. The van der Waals surface area contributed by atoms with Crippen LogP contribution in [0.25, 0.3) is 22.0 Å². The summed E-state index contributed by atoms with van der Waals surface area (Å²) in [6.07, 6.45) is 7.15. The van der Waals surface area contributed by atoms with Crippen LogP contribution in [-0.2, 0) is 24.1 Å². The number of hydrogen-bond donors (Lipinski definition) is 2. The molecule has 1 aliphatic rings. The number of thiazole rings is 1. The molecule has 2 unspecified atom stereocenters. The summed E-state index contributed by atoms with van der Waals surface area (Å²) in [5, 5.41) is 22.0. The molecule has 0 bridgehead atoms. The predicted molar refractivity (Wildman–Crippen MR) is 161 cm³/mol. The van der Waals surface area contributed by atoms with Crippen LogP contribution in [0, 0.1) is 5.92 Å². The first-order chi connectivity index (χ1) is 19.1. The van der Waals surface area contributed by atoms with E-state index in [1.165, 1.54) is 10.4 Å². The Bertz CT molecular complexity index is 1700. The van der Waals surface area contributed by atoms with Crippen molar-refractivity contribution in [3.63, 3.8) is 0 Å². The van der Waals surface area contributed by atoms with Gasteiger partial charge >= 0.3 is 0 Å². The van der Waals surface area contributed by atoms with Gasteiger partial charge in [-0.15, -0.1) is 32.9 Å². The van der Waals surface area contributed by atoms with Gasteiger partial charge in [-0.25, -0.2) is 4.98 Å². The maximum Gasteiger partial charge on any atom is 0.206 e. The number of anilines is 2. The van der Waals surface area contributed by atoms with E-state index < -0.39 is 11.3 Å². The fourth-order valence-electron chi connectivity index (χ4n) is 4.59. The Labute approximate surface area is 240 Å². The van der Waals surface area contributed by atoms with Gasteiger partial charge in [-0.1, -0.05) is 66.0 Å². The molecular formula is C28H24N5O2S4-. The number of hydrogen-bond acceptors (Lipinski definition) is 9. The third-order valence-electron chi connectivity index (χ3n) is 6.46. The number of rotatable bonds is 10. The second-order valence-electron chi connectivity index (χ2n) is 9.19. The first-order valence-electron chi connectivity index (χ1n) is 12.4. The lowest BCUT2D eigenvalue weighted by molar-refractivity contribution is 0.542.